The summed E-state index contributed by atoms with van der Waals surface area (Å²) in [6, 6.07) is 4.93. The zero-order valence-corrected chi connectivity index (χ0v) is 11.7. The van der Waals surface area contributed by atoms with Crippen molar-refractivity contribution in [3.8, 4) is 5.75 Å². The molecule has 0 saturated carbocycles. The van der Waals surface area contributed by atoms with E-state index in [1.54, 1.807) is 24.4 Å². The van der Waals surface area contributed by atoms with E-state index in [0.29, 0.717) is 29.4 Å². The van der Waals surface area contributed by atoms with E-state index >= 15 is 0 Å². The molecule has 1 aromatic carbocycles. The van der Waals surface area contributed by atoms with Crippen molar-refractivity contribution in [2.24, 2.45) is 17.9 Å². The Morgan fingerprint density at radius 2 is 2.35 bits per heavy atom. The van der Waals surface area contributed by atoms with Crippen LogP contribution in [0.15, 0.2) is 35.7 Å². The van der Waals surface area contributed by atoms with Gasteiger partial charge in [-0.3, -0.25) is 0 Å². The third-order valence-corrected chi connectivity index (χ3v) is 3.07. The Morgan fingerprint density at radius 1 is 1.55 bits per heavy atom. The maximum absolute atomic E-state index is 8.76. The molecule has 0 atom stereocenters. The summed E-state index contributed by atoms with van der Waals surface area (Å²) in [6.07, 6.45) is 4.25. The normalized spacial score (nSPS) is 11.6. The fraction of sp³-hybridized carbons (Fsp3) is 0.231. The molecule has 2 rings (SSSR count). The highest BCUT2D eigenvalue weighted by Crippen LogP contribution is 2.23. The highest BCUT2D eigenvalue weighted by atomic mass is 35.5. The monoisotopic (exact) mass is 294 g/mol. The Morgan fingerprint density at radius 3 is 3.00 bits per heavy atom. The first-order valence-corrected chi connectivity index (χ1v) is 6.36. The molecule has 7 heteroatoms. The molecule has 1 aromatic heterocycles. The molecule has 3 N–H and O–H groups in total. The van der Waals surface area contributed by atoms with E-state index in [1.807, 2.05) is 17.8 Å². The quantitative estimate of drug-likeness (QED) is 0.381. The SMILES string of the molecule is Cn1ccnc1CCOc1cc(Cl)ccc1/C(N)=N/O. The number of aromatic nitrogens is 2. The Balaban J connectivity index is 2.09. The van der Waals surface area contributed by atoms with Gasteiger partial charge in [-0.05, 0) is 18.2 Å². The smallest absolute Gasteiger partial charge is 0.173 e. The van der Waals surface area contributed by atoms with Gasteiger partial charge in [0.15, 0.2) is 5.84 Å². The summed E-state index contributed by atoms with van der Waals surface area (Å²) in [5.74, 6) is 1.37. The molecule has 20 heavy (non-hydrogen) atoms. The molecule has 0 fully saturated rings. The molecule has 0 aliphatic heterocycles. The lowest BCUT2D eigenvalue weighted by Crippen LogP contribution is -2.15. The summed E-state index contributed by atoms with van der Waals surface area (Å²) in [6.45, 7) is 0.414. The Kier molecular flexibility index (Phi) is 4.47. The van der Waals surface area contributed by atoms with Gasteiger partial charge in [-0.25, -0.2) is 4.98 Å². The predicted molar refractivity (Wildman–Crippen MR) is 76.4 cm³/mol. The summed E-state index contributed by atoms with van der Waals surface area (Å²) >= 11 is 5.93. The van der Waals surface area contributed by atoms with Crippen molar-refractivity contribution in [2.45, 2.75) is 6.42 Å². The van der Waals surface area contributed by atoms with E-state index in [1.165, 1.54) is 0 Å². The van der Waals surface area contributed by atoms with Crippen LogP contribution in [0.5, 0.6) is 5.75 Å². The zero-order chi connectivity index (χ0) is 14.5. The van der Waals surface area contributed by atoms with Crippen LogP contribution in [-0.2, 0) is 13.5 Å². The first-order chi connectivity index (χ1) is 9.61. The second-order valence-electron chi connectivity index (χ2n) is 4.18. The molecule has 0 spiro atoms. The molecule has 0 saturated heterocycles. The number of oxime groups is 1. The Bertz CT molecular complexity index is 625. The average molecular weight is 295 g/mol. The van der Waals surface area contributed by atoms with Crippen LogP contribution < -0.4 is 10.5 Å². The van der Waals surface area contributed by atoms with Gasteiger partial charge in [-0.2, -0.15) is 0 Å². The van der Waals surface area contributed by atoms with E-state index < -0.39 is 0 Å². The van der Waals surface area contributed by atoms with Gasteiger partial charge in [0.05, 0.1) is 12.2 Å². The second kappa shape index (κ2) is 6.29. The number of imidazole rings is 1. The van der Waals surface area contributed by atoms with Crippen molar-refractivity contribution in [1.82, 2.24) is 9.55 Å². The third kappa shape index (κ3) is 3.21. The fourth-order valence-electron chi connectivity index (χ4n) is 1.77. The zero-order valence-electron chi connectivity index (χ0n) is 11.0. The topological polar surface area (TPSA) is 85.7 Å². The van der Waals surface area contributed by atoms with Crippen LogP contribution in [0.25, 0.3) is 0 Å². The first-order valence-electron chi connectivity index (χ1n) is 5.98. The molecule has 0 unspecified atom stereocenters. The maximum Gasteiger partial charge on any atom is 0.173 e. The Hall–Kier alpha value is -2.21. The van der Waals surface area contributed by atoms with Gasteiger partial charge in [-0.15, -0.1) is 0 Å². The minimum atomic E-state index is -0.0198. The van der Waals surface area contributed by atoms with Crippen LogP contribution >= 0.6 is 11.6 Å². The number of hydrogen-bond acceptors (Lipinski definition) is 4. The van der Waals surface area contributed by atoms with Crippen molar-refractivity contribution < 1.29 is 9.94 Å². The number of aryl methyl sites for hydroxylation is 1. The van der Waals surface area contributed by atoms with Gasteiger partial charge < -0.3 is 20.2 Å². The fourth-order valence-corrected chi connectivity index (χ4v) is 1.93. The molecular formula is C13H15ClN4O2. The van der Waals surface area contributed by atoms with Gasteiger partial charge in [-0.1, -0.05) is 16.8 Å². The van der Waals surface area contributed by atoms with Gasteiger partial charge in [0.25, 0.3) is 0 Å². The number of nitrogens with two attached hydrogens (primary N) is 1. The lowest BCUT2D eigenvalue weighted by atomic mass is 10.2. The molecule has 1 heterocycles. The molecule has 0 aliphatic rings. The van der Waals surface area contributed by atoms with Crippen molar-refractivity contribution in [2.75, 3.05) is 6.61 Å². The maximum atomic E-state index is 8.76. The summed E-state index contributed by atoms with van der Waals surface area (Å²) < 4.78 is 7.58. The van der Waals surface area contributed by atoms with E-state index in [-0.39, 0.29) is 5.84 Å². The van der Waals surface area contributed by atoms with Crippen LogP contribution in [0, 0.1) is 0 Å². The van der Waals surface area contributed by atoms with E-state index in [0.717, 1.165) is 5.82 Å². The summed E-state index contributed by atoms with van der Waals surface area (Å²) in [5, 5.41) is 12.3. The minimum Gasteiger partial charge on any atom is -0.492 e. The van der Waals surface area contributed by atoms with Crippen molar-refractivity contribution in [3.63, 3.8) is 0 Å². The lowest BCUT2D eigenvalue weighted by molar-refractivity contribution is 0.311. The predicted octanol–water partition coefficient (Wildman–Crippen LogP) is 1.79. The van der Waals surface area contributed by atoms with Crippen LogP contribution in [0.2, 0.25) is 5.02 Å². The molecule has 106 valence electrons. The minimum absolute atomic E-state index is 0.0198. The highest BCUT2D eigenvalue weighted by molar-refractivity contribution is 6.30. The van der Waals surface area contributed by atoms with Gasteiger partial charge in [0.2, 0.25) is 0 Å². The van der Waals surface area contributed by atoms with Gasteiger partial charge in [0.1, 0.15) is 11.6 Å². The van der Waals surface area contributed by atoms with Crippen molar-refractivity contribution in [3.05, 3.63) is 47.0 Å². The van der Waals surface area contributed by atoms with E-state index in [4.69, 9.17) is 27.3 Å². The number of amidine groups is 1. The summed E-state index contributed by atoms with van der Waals surface area (Å²) in [4.78, 5) is 4.21. The molecule has 0 aliphatic carbocycles. The van der Waals surface area contributed by atoms with Crippen molar-refractivity contribution in [1.29, 1.82) is 0 Å². The first kappa shape index (κ1) is 14.2. The second-order valence-corrected chi connectivity index (χ2v) is 4.61. The molecule has 0 bridgehead atoms. The molecule has 0 amide bonds. The average Bonchev–Trinajstić information content (AvgIpc) is 2.84. The molecule has 0 radical (unpaired) electrons. The Labute approximate surface area is 121 Å². The van der Waals surface area contributed by atoms with Crippen LogP contribution in [0.3, 0.4) is 0 Å². The highest BCUT2D eigenvalue weighted by Gasteiger charge is 2.10. The van der Waals surface area contributed by atoms with Crippen LogP contribution in [0.4, 0.5) is 0 Å². The number of hydrogen-bond donors (Lipinski definition) is 2. The van der Waals surface area contributed by atoms with Gasteiger partial charge in [0, 0.05) is 30.9 Å². The molecular weight excluding hydrogens is 280 g/mol. The number of benzene rings is 1. The van der Waals surface area contributed by atoms with E-state index in [2.05, 4.69) is 10.1 Å². The molecule has 2 aromatic rings. The van der Waals surface area contributed by atoms with Gasteiger partial charge >= 0.3 is 0 Å². The van der Waals surface area contributed by atoms with Crippen LogP contribution in [0.1, 0.15) is 11.4 Å². The largest absolute Gasteiger partial charge is 0.492 e. The number of ether oxygens (including phenoxy) is 1. The standard InChI is InChI=1S/C13H15ClN4O2/c1-18-6-5-16-12(18)4-7-20-11-8-9(14)2-3-10(11)13(15)17-19/h2-3,5-6,8,19H,4,7H2,1H3,(H2,15,17). The van der Waals surface area contributed by atoms with E-state index in [9.17, 15) is 0 Å². The third-order valence-electron chi connectivity index (χ3n) is 2.83. The van der Waals surface area contributed by atoms with Crippen molar-refractivity contribution >= 4 is 17.4 Å². The molecule has 6 nitrogen and oxygen atoms in total. The lowest BCUT2D eigenvalue weighted by Gasteiger charge is -2.11. The number of halogens is 1. The van der Waals surface area contributed by atoms with Crippen LogP contribution in [-0.4, -0.2) is 27.2 Å². The summed E-state index contributed by atoms with van der Waals surface area (Å²) in [7, 11) is 1.92. The number of nitrogens with zero attached hydrogens (tertiary/aromatic N) is 3. The number of rotatable bonds is 5. The summed E-state index contributed by atoms with van der Waals surface area (Å²) in [5.41, 5.74) is 6.09.